The lowest BCUT2D eigenvalue weighted by molar-refractivity contribution is -0.137. The zero-order valence-corrected chi connectivity index (χ0v) is 19.9. The molecule has 3 heterocycles. The first kappa shape index (κ1) is 24.1. The fourth-order valence-electron chi connectivity index (χ4n) is 4.99. The van der Waals surface area contributed by atoms with Crippen LogP contribution in [0.1, 0.15) is 18.9 Å². The zero-order valence-electron chi connectivity index (χ0n) is 19.1. The van der Waals surface area contributed by atoms with E-state index in [2.05, 4.69) is 9.88 Å². The maximum absolute atomic E-state index is 14.9. The van der Waals surface area contributed by atoms with E-state index in [9.17, 15) is 26.7 Å². The van der Waals surface area contributed by atoms with Gasteiger partial charge in [0.05, 0.1) is 11.1 Å². The van der Waals surface area contributed by atoms with Crippen LogP contribution in [0.3, 0.4) is 0 Å². The van der Waals surface area contributed by atoms with E-state index in [4.69, 9.17) is 0 Å². The third kappa shape index (κ3) is 4.18. The van der Waals surface area contributed by atoms with Crippen LogP contribution >= 0.6 is 11.8 Å². The van der Waals surface area contributed by atoms with Gasteiger partial charge in [0.25, 0.3) is 0 Å². The smallest absolute Gasteiger partial charge is 0.351 e. The third-order valence-electron chi connectivity index (χ3n) is 6.58. The number of rotatable bonds is 2. The van der Waals surface area contributed by atoms with Crippen LogP contribution in [-0.4, -0.2) is 52.9 Å². The summed E-state index contributed by atoms with van der Waals surface area (Å²) in [5.41, 5.74) is -1.98. The second-order valence-corrected chi connectivity index (χ2v) is 10.1. The molecule has 1 fully saturated rings. The van der Waals surface area contributed by atoms with E-state index < -0.39 is 29.1 Å². The number of anilines is 1. The number of hydrogen-bond donors (Lipinski definition) is 0. The molecule has 1 atom stereocenters. The molecule has 1 aromatic heterocycles. The van der Waals surface area contributed by atoms with Crippen molar-refractivity contribution in [1.82, 2.24) is 14.5 Å². The molecule has 2 aromatic carbocycles. The third-order valence-corrected chi connectivity index (χ3v) is 7.76. The molecule has 186 valence electrons. The highest BCUT2D eigenvalue weighted by Crippen LogP contribution is 2.48. The minimum Gasteiger partial charge on any atom is -0.351 e. The van der Waals surface area contributed by atoms with Crippen molar-refractivity contribution < 1.29 is 22.0 Å². The van der Waals surface area contributed by atoms with Gasteiger partial charge in [-0.3, -0.25) is 4.57 Å². The number of aromatic nitrogens is 2. The summed E-state index contributed by atoms with van der Waals surface area (Å²) in [6.07, 6.45) is -4.29. The van der Waals surface area contributed by atoms with Crippen molar-refractivity contribution in [3.63, 3.8) is 0 Å². The van der Waals surface area contributed by atoms with Crippen LogP contribution in [0, 0.1) is 11.6 Å². The Balaban J connectivity index is 1.91. The molecule has 3 aromatic rings. The van der Waals surface area contributed by atoms with Crippen molar-refractivity contribution in [1.29, 1.82) is 0 Å². The number of alkyl halides is 3. The largest absolute Gasteiger partial charge is 0.417 e. The molecule has 35 heavy (non-hydrogen) atoms. The molecule has 0 saturated carbocycles. The molecule has 0 bridgehead atoms. The van der Waals surface area contributed by atoms with Crippen molar-refractivity contribution in [2.75, 3.05) is 37.3 Å². The summed E-state index contributed by atoms with van der Waals surface area (Å²) in [6.45, 7) is 4.07. The maximum Gasteiger partial charge on any atom is 0.417 e. The van der Waals surface area contributed by atoms with E-state index >= 15 is 0 Å². The highest BCUT2D eigenvalue weighted by molar-refractivity contribution is 7.99. The van der Waals surface area contributed by atoms with E-state index in [0.29, 0.717) is 43.4 Å². The lowest BCUT2D eigenvalue weighted by Crippen LogP contribution is -2.51. The van der Waals surface area contributed by atoms with Gasteiger partial charge in [-0.15, -0.1) is 11.8 Å². The summed E-state index contributed by atoms with van der Waals surface area (Å²) in [6, 6.07) is 3.44. The first-order valence-corrected chi connectivity index (χ1v) is 12.3. The molecule has 1 saturated heterocycles. The van der Waals surface area contributed by atoms with Crippen molar-refractivity contribution in [3.05, 3.63) is 51.9 Å². The first-order valence-electron chi connectivity index (χ1n) is 11.3. The van der Waals surface area contributed by atoms with Gasteiger partial charge in [0, 0.05) is 59.7 Å². The van der Waals surface area contributed by atoms with Crippen LogP contribution < -0.4 is 10.6 Å². The minimum absolute atomic E-state index is 0.0792. The molecule has 0 radical (unpaired) electrons. The van der Waals surface area contributed by atoms with E-state index in [1.54, 1.807) is 0 Å². The normalized spacial score (nSPS) is 19.3. The van der Waals surface area contributed by atoms with Crippen LogP contribution in [0.15, 0.2) is 34.0 Å². The monoisotopic (exact) mass is 510 g/mol. The predicted molar refractivity (Wildman–Crippen MR) is 126 cm³/mol. The van der Waals surface area contributed by atoms with E-state index in [1.165, 1.54) is 4.57 Å². The van der Waals surface area contributed by atoms with E-state index in [-0.39, 0.29) is 39.8 Å². The van der Waals surface area contributed by atoms with Crippen molar-refractivity contribution in [2.24, 2.45) is 0 Å². The second-order valence-electron chi connectivity index (χ2n) is 9.02. The van der Waals surface area contributed by atoms with Gasteiger partial charge >= 0.3 is 11.9 Å². The molecule has 5 rings (SSSR count). The fraction of sp³-hybridized carbons (Fsp3) is 0.417. The fourth-order valence-corrected chi connectivity index (χ4v) is 6.19. The molecule has 0 spiro atoms. The Hall–Kier alpha value is -2.66. The van der Waals surface area contributed by atoms with Crippen LogP contribution in [0.4, 0.5) is 27.8 Å². The van der Waals surface area contributed by atoms with Crippen LogP contribution in [-0.2, 0) is 12.7 Å². The molecule has 5 nitrogen and oxygen atoms in total. The Labute approximate surface area is 202 Å². The molecule has 11 heteroatoms. The average molecular weight is 511 g/mol. The van der Waals surface area contributed by atoms with Gasteiger partial charge in [-0.1, -0.05) is 0 Å². The molecular weight excluding hydrogens is 487 g/mol. The van der Waals surface area contributed by atoms with Gasteiger partial charge in [0.1, 0.15) is 17.5 Å². The average Bonchev–Trinajstić information content (AvgIpc) is 3.00. The number of nitrogens with zero attached hydrogens (tertiary/aromatic N) is 4. The van der Waals surface area contributed by atoms with Gasteiger partial charge in [0.2, 0.25) is 0 Å². The highest BCUT2D eigenvalue weighted by Gasteiger charge is 2.39. The quantitative estimate of drug-likeness (QED) is 0.454. The molecule has 0 amide bonds. The van der Waals surface area contributed by atoms with Crippen molar-refractivity contribution in [2.45, 2.75) is 37.0 Å². The number of halogens is 5. The number of benzene rings is 2. The van der Waals surface area contributed by atoms with Gasteiger partial charge < -0.3 is 9.80 Å². The summed E-state index contributed by atoms with van der Waals surface area (Å²) in [5, 5.41) is 0.212. The van der Waals surface area contributed by atoms with E-state index in [1.807, 2.05) is 18.9 Å². The summed E-state index contributed by atoms with van der Waals surface area (Å²) < 4.78 is 73.3. The van der Waals surface area contributed by atoms with Crippen molar-refractivity contribution >= 4 is 28.5 Å². The molecule has 2 aliphatic heterocycles. The first-order chi connectivity index (χ1) is 16.6. The Kier molecular flexibility index (Phi) is 6.03. The van der Waals surface area contributed by atoms with Gasteiger partial charge in [-0.25, -0.2) is 13.6 Å². The maximum atomic E-state index is 14.9. The SMILES string of the molecule is CC1CN(C)CCN1c1nc(=O)n2c3c(c(-c4ccc(F)cc4F)c(C(F)(F)F)cc13)SCCC2. The molecule has 0 aliphatic carbocycles. The molecule has 2 aliphatic rings. The lowest BCUT2D eigenvalue weighted by atomic mass is 9.95. The van der Waals surface area contributed by atoms with Crippen LogP contribution in [0.2, 0.25) is 0 Å². The number of piperazine rings is 1. The zero-order chi connectivity index (χ0) is 25.1. The summed E-state index contributed by atoms with van der Waals surface area (Å²) in [5.74, 6) is -1.33. The Morgan fingerprint density at radius 1 is 1.11 bits per heavy atom. The second kappa shape index (κ2) is 8.77. The Bertz CT molecular complexity index is 1370. The molecular formula is C24H23F5N4OS. The molecule has 0 N–H and O–H groups in total. The van der Waals surface area contributed by atoms with Crippen LogP contribution in [0.5, 0.6) is 0 Å². The Morgan fingerprint density at radius 2 is 1.89 bits per heavy atom. The predicted octanol–water partition coefficient (Wildman–Crippen LogP) is 5.00. The number of hydrogen-bond acceptors (Lipinski definition) is 5. The summed E-state index contributed by atoms with van der Waals surface area (Å²) >= 11 is 1.16. The Morgan fingerprint density at radius 3 is 2.57 bits per heavy atom. The summed E-state index contributed by atoms with van der Waals surface area (Å²) in [4.78, 5) is 21.5. The lowest BCUT2D eigenvalue weighted by Gasteiger charge is -2.39. The molecule has 1 unspecified atom stereocenters. The number of aryl methyl sites for hydroxylation is 1. The summed E-state index contributed by atoms with van der Waals surface area (Å²) in [7, 11) is 1.96. The standard InChI is InChI=1S/C24H23F5N4OS/c1-13-12-31(2)7-8-32(13)22-16-11-17(24(27,28)29)19(15-5-4-14(25)10-18(15)26)21-20(16)33(23(34)30-22)6-3-9-35-21/h4-5,10-11,13H,3,6-9,12H2,1-2H3. The van der Waals surface area contributed by atoms with E-state index in [0.717, 1.165) is 30.0 Å². The van der Waals surface area contributed by atoms with Gasteiger partial charge in [-0.05, 0) is 44.3 Å². The van der Waals surface area contributed by atoms with Crippen molar-refractivity contribution in [3.8, 4) is 11.1 Å². The van der Waals surface area contributed by atoms with Gasteiger partial charge in [-0.2, -0.15) is 18.2 Å². The number of thioether (sulfide) groups is 1. The minimum atomic E-state index is -4.82. The van der Waals surface area contributed by atoms with Gasteiger partial charge in [0.15, 0.2) is 0 Å². The topological polar surface area (TPSA) is 41.4 Å². The number of likely N-dealkylation sites (N-methyl/N-ethyl adjacent to an activating group) is 1. The highest BCUT2D eigenvalue weighted by atomic mass is 32.2. The van der Waals surface area contributed by atoms with Crippen LogP contribution in [0.25, 0.3) is 22.0 Å².